The monoisotopic (exact) mass is 1010 g/mol. The van der Waals surface area contributed by atoms with Gasteiger partial charge in [-0.05, 0) is 198 Å². The van der Waals surface area contributed by atoms with Crippen LogP contribution in [0.25, 0.3) is 90.9 Å². The molecule has 386 valence electrons. The van der Waals surface area contributed by atoms with E-state index >= 15 is 0 Å². The molecule has 12 heteroatoms. The molecule has 0 saturated heterocycles. The van der Waals surface area contributed by atoms with Crippen molar-refractivity contribution >= 4 is 70.2 Å². The number of aliphatic carboxylic acids is 3. The fourth-order valence-corrected chi connectivity index (χ4v) is 11.7. The molecule has 6 N–H and O–H groups in total. The molecule has 0 fully saturated rings. The molecule has 12 nitrogen and oxygen atoms in total. The Labute approximate surface area is 442 Å². The molecule has 76 heavy (non-hydrogen) atoms. The molecule has 0 atom stereocenters. The van der Waals surface area contributed by atoms with Crippen LogP contribution in [0.1, 0.15) is 122 Å². The van der Waals surface area contributed by atoms with E-state index in [0.29, 0.717) is 5.69 Å². The number of hydrogen-bond donors (Lipinski definition) is 6. The molecule has 1 amide bonds. The van der Waals surface area contributed by atoms with Gasteiger partial charge in [-0.3, -0.25) is 19.2 Å². The second-order valence-corrected chi connectivity index (χ2v) is 20.8. The maximum absolute atomic E-state index is 14.2. The molecular weight excluding hydrogens is 951 g/mol. The molecule has 3 aromatic heterocycles. The maximum Gasteiger partial charge on any atom is 0.303 e. The van der Waals surface area contributed by atoms with Crippen LogP contribution >= 0.6 is 0 Å². The Hall–Kier alpha value is -8.64. The summed E-state index contributed by atoms with van der Waals surface area (Å²) < 4.78 is 0. The Morgan fingerprint density at radius 2 is 0.711 bits per heavy atom. The van der Waals surface area contributed by atoms with Gasteiger partial charge >= 0.3 is 17.9 Å². The molecular formula is C64H63N5O7. The SMILES string of the molecule is Cc1cc(C)c(-c2c3nc(c(-c4c(C)cc(C)cc4C)c4ccc([nH]4)c(-c4c(C)cc(C)cc4C)c4nc(c(-c5ccc(C(=O)NC(CCC(=O)O)(CCC(=O)O)CCC(=O)O)cc5)c5ccc2[nH]5)C=C4)C=C3)c(C)c1. The quantitative estimate of drug-likeness (QED) is 0.0578. The van der Waals surface area contributed by atoms with Crippen LogP contribution in [0.4, 0.5) is 0 Å². The average molecular weight is 1010 g/mol. The second-order valence-electron chi connectivity index (χ2n) is 20.8. The van der Waals surface area contributed by atoms with Crippen LogP contribution in [0.2, 0.25) is 0 Å². The van der Waals surface area contributed by atoms with Crippen LogP contribution in [-0.4, -0.2) is 64.6 Å². The highest BCUT2D eigenvalue weighted by molar-refractivity contribution is 6.02. The van der Waals surface area contributed by atoms with E-state index < -0.39 is 48.6 Å². The molecule has 7 aromatic rings. The fourth-order valence-electron chi connectivity index (χ4n) is 11.7. The molecule has 4 aromatic carbocycles. The highest BCUT2D eigenvalue weighted by Gasteiger charge is 2.34. The standard InChI is InChI=1S/C64H63N5O7/c1-34-28-37(4)56(38(5)29-34)60-47-16-14-45(65-47)59(43-10-12-44(13-11-43)63(76)69-64(25-22-53(70)71,26-23-54(72)73)27-24-55(74)75)46-15-17-48(66-46)61(57-39(6)30-35(2)31-40(57)7)50-19-21-52(68-50)62(51-20-18-49(60)67-51)58-41(8)32-36(3)33-42(58)9/h10-21,28-33,65,68H,22-27H2,1-9H3,(H,69,76)(H,70,71)(H,72,73)(H,74,75). The van der Waals surface area contributed by atoms with Crippen molar-refractivity contribution in [2.24, 2.45) is 0 Å². The molecule has 5 heterocycles. The summed E-state index contributed by atoms with van der Waals surface area (Å²) in [6, 6.07) is 28.7. The van der Waals surface area contributed by atoms with Gasteiger partial charge in [-0.15, -0.1) is 0 Å². The fraction of sp³-hybridized carbons (Fsp3) is 0.250. The summed E-state index contributed by atoms with van der Waals surface area (Å²) in [4.78, 5) is 68.4. The van der Waals surface area contributed by atoms with Crippen molar-refractivity contribution in [1.29, 1.82) is 0 Å². The number of aryl methyl sites for hydroxylation is 9. The zero-order valence-electron chi connectivity index (χ0n) is 44.5. The molecule has 0 radical (unpaired) electrons. The van der Waals surface area contributed by atoms with Gasteiger partial charge in [0.25, 0.3) is 5.91 Å². The number of aromatic amines is 2. The number of benzene rings is 4. The minimum absolute atomic E-state index is 0.150. The first-order chi connectivity index (χ1) is 36.2. The van der Waals surface area contributed by atoms with E-state index in [4.69, 9.17) is 9.97 Å². The molecule has 2 aliphatic heterocycles. The Morgan fingerprint density at radius 1 is 0.421 bits per heavy atom. The summed E-state index contributed by atoms with van der Waals surface area (Å²) in [6.45, 7) is 19.2. The smallest absolute Gasteiger partial charge is 0.303 e. The lowest BCUT2D eigenvalue weighted by Gasteiger charge is -2.34. The number of amides is 1. The van der Waals surface area contributed by atoms with Crippen molar-refractivity contribution in [2.75, 3.05) is 0 Å². The zero-order valence-corrected chi connectivity index (χ0v) is 44.5. The van der Waals surface area contributed by atoms with Gasteiger partial charge in [0.05, 0.1) is 22.8 Å². The number of carboxylic acid groups (broad SMARTS) is 3. The summed E-state index contributed by atoms with van der Waals surface area (Å²) in [6.07, 6.45) is 6.68. The molecule has 9 rings (SSSR count). The van der Waals surface area contributed by atoms with Crippen LogP contribution in [0.3, 0.4) is 0 Å². The highest BCUT2D eigenvalue weighted by Crippen LogP contribution is 2.42. The van der Waals surface area contributed by atoms with Gasteiger partial charge in [0.2, 0.25) is 0 Å². The van der Waals surface area contributed by atoms with Crippen LogP contribution in [-0.2, 0) is 14.4 Å². The first kappa shape index (κ1) is 52.2. The number of carbonyl (C=O) groups excluding carboxylic acids is 1. The van der Waals surface area contributed by atoms with Crippen LogP contribution in [0.5, 0.6) is 0 Å². The Morgan fingerprint density at radius 3 is 1.01 bits per heavy atom. The van der Waals surface area contributed by atoms with Gasteiger partial charge in [0.1, 0.15) is 0 Å². The number of aromatic nitrogens is 4. The van der Waals surface area contributed by atoms with E-state index in [-0.39, 0.29) is 24.8 Å². The van der Waals surface area contributed by atoms with Crippen molar-refractivity contribution in [3.63, 3.8) is 0 Å². The Kier molecular flexibility index (Phi) is 14.4. The summed E-state index contributed by atoms with van der Waals surface area (Å²) in [7, 11) is 0. The van der Waals surface area contributed by atoms with Crippen molar-refractivity contribution in [1.82, 2.24) is 25.3 Å². The van der Waals surface area contributed by atoms with Crippen LogP contribution < -0.4 is 5.32 Å². The lowest BCUT2D eigenvalue weighted by molar-refractivity contribution is -0.137. The maximum atomic E-state index is 14.2. The number of nitrogens with zero attached hydrogens (tertiary/aromatic N) is 2. The van der Waals surface area contributed by atoms with Crippen molar-refractivity contribution in [3.05, 3.63) is 163 Å². The van der Waals surface area contributed by atoms with Crippen molar-refractivity contribution < 1.29 is 34.5 Å². The second kappa shape index (κ2) is 20.9. The lowest BCUT2D eigenvalue weighted by Crippen LogP contribution is -2.49. The highest BCUT2D eigenvalue weighted by atomic mass is 16.4. The third-order valence-electron chi connectivity index (χ3n) is 14.8. The van der Waals surface area contributed by atoms with Crippen LogP contribution in [0.15, 0.2) is 84.9 Å². The van der Waals surface area contributed by atoms with Gasteiger partial charge in [-0.2, -0.15) is 0 Å². The number of carboxylic acids is 3. The van der Waals surface area contributed by atoms with E-state index in [9.17, 15) is 34.5 Å². The predicted molar refractivity (Wildman–Crippen MR) is 304 cm³/mol. The first-order valence-corrected chi connectivity index (χ1v) is 25.7. The normalized spacial score (nSPS) is 12.1. The third-order valence-corrected chi connectivity index (χ3v) is 14.8. The van der Waals surface area contributed by atoms with E-state index in [1.165, 1.54) is 5.56 Å². The number of fused-ring (bicyclic) bond motifs is 8. The van der Waals surface area contributed by atoms with E-state index in [1.54, 1.807) is 12.1 Å². The first-order valence-electron chi connectivity index (χ1n) is 25.7. The van der Waals surface area contributed by atoms with Gasteiger partial charge in [-0.1, -0.05) is 65.2 Å². The topological polar surface area (TPSA) is 198 Å². The van der Waals surface area contributed by atoms with Gasteiger partial charge < -0.3 is 30.6 Å². The predicted octanol–water partition coefficient (Wildman–Crippen LogP) is 14.2. The zero-order chi connectivity index (χ0) is 54.3. The Bertz CT molecular complexity index is 3630. The van der Waals surface area contributed by atoms with Gasteiger partial charge in [-0.25, -0.2) is 9.97 Å². The van der Waals surface area contributed by atoms with Gasteiger partial charge in [0.15, 0.2) is 0 Å². The van der Waals surface area contributed by atoms with E-state index in [2.05, 4.69) is 156 Å². The summed E-state index contributed by atoms with van der Waals surface area (Å²) in [5.74, 6) is -4.03. The molecule has 0 unspecified atom stereocenters. The summed E-state index contributed by atoms with van der Waals surface area (Å²) in [5.41, 5.74) is 23.1. The summed E-state index contributed by atoms with van der Waals surface area (Å²) in [5, 5.41) is 31.8. The van der Waals surface area contributed by atoms with Crippen LogP contribution in [0, 0.1) is 62.3 Å². The average Bonchev–Trinajstić information content (AvgIpc) is 4.22. The molecule has 8 bridgehead atoms. The number of nitrogens with one attached hydrogen (secondary N) is 3. The molecule has 0 saturated carbocycles. The van der Waals surface area contributed by atoms with E-state index in [1.807, 2.05) is 18.2 Å². The molecule has 0 spiro atoms. The number of H-pyrrole nitrogens is 2. The number of carbonyl (C=O) groups is 4. The number of hydrogen-bond acceptors (Lipinski definition) is 6. The third kappa shape index (κ3) is 10.5. The minimum Gasteiger partial charge on any atom is -0.481 e. The Balaban J connectivity index is 1.34. The minimum atomic E-state index is -1.40. The number of rotatable bonds is 15. The largest absolute Gasteiger partial charge is 0.481 e. The van der Waals surface area contributed by atoms with Gasteiger partial charge in [0, 0.05) is 74.7 Å². The lowest BCUT2D eigenvalue weighted by atomic mass is 9.83. The molecule has 2 aliphatic rings. The van der Waals surface area contributed by atoms with Crippen molar-refractivity contribution in [2.45, 2.75) is 106 Å². The van der Waals surface area contributed by atoms with Crippen molar-refractivity contribution in [3.8, 4) is 44.5 Å². The summed E-state index contributed by atoms with van der Waals surface area (Å²) >= 11 is 0. The molecule has 0 aliphatic carbocycles. The van der Waals surface area contributed by atoms with E-state index in [0.717, 1.165) is 128 Å².